The van der Waals surface area contributed by atoms with Gasteiger partial charge in [0.05, 0.1) is 5.56 Å². The molecule has 1 aromatic carbocycles. The molecule has 0 bridgehead atoms. The molecule has 0 atom stereocenters. The first-order valence-electron chi connectivity index (χ1n) is 6.23. The van der Waals surface area contributed by atoms with Crippen LogP contribution in [0.15, 0.2) is 30.8 Å². The summed E-state index contributed by atoms with van der Waals surface area (Å²) >= 11 is 0. The Kier molecular flexibility index (Phi) is 3.97. The van der Waals surface area contributed by atoms with Crippen LogP contribution in [0, 0.1) is 0 Å². The van der Waals surface area contributed by atoms with Crippen LogP contribution in [0.25, 0.3) is 6.08 Å². The van der Waals surface area contributed by atoms with Crippen molar-refractivity contribution in [3.05, 3.63) is 42.0 Å². The predicted octanol–water partition coefficient (Wildman–Crippen LogP) is 3.82. The highest BCUT2D eigenvalue weighted by molar-refractivity contribution is 5.89. The monoisotopic (exact) mass is 230 g/mol. The summed E-state index contributed by atoms with van der Waals surface area (Å²) in [5.74, 6) is -0.201. The highest BCUT2D eigenvalue weighted by Crippen LogP contribution is 2.21. The van der Waals surface area contributed by atoms with Crippen LogP contribution >= 0.6 is 0 Å². The topological polar surface area (TPSA) is 26.3 Å². The third-order valence-corrected chi connectivity index (χ3v) is 3.21. The second kappa shape index (κ2) is 5.67. The van der Waals surface area contributed by atoms with E-state index in [-0.39, 0.29) is 12.1 Å². The standard InChI is InChI=1S/C15H18O2/c1-2-12-8-10-13(11-9-12)15(16)17-14-6-4-3-5-7-14/h2,8-11,14H,1,3-7H2. The van der Waals surface area contributed by atoms with Gasteiger partial charge in [0.2, 0.25) is 0 Å². The summed E-state index contributed by atoms with van der Waals surface area (Å²) in [6, 6.07) is 7.35. The largest absolute Gasteiger partial charge is 0.459 e. The van der Waals surface area contributed by atoms with E-state index < -0.39 is 0 Å². The molecule has 1 saturated carbocycles. The number of benzene rings is 1. The smallest absolute Gasteiger partial charge is 0.338 e. The third kappa shape index (κ3) is 3.19. The maximum Gasteiger partial charge on any atom is 0.338 e. The third-order valence-electron chi connectivity index (χ3n) is 3.21. The average Bonchev–Trinajstić information content (AvgIpc) is 2.40. The number of ether oxygens (including phenoxy) is 1. The van der Waals surface area contributed by atoms with E-state index >= 15 is 0 Å². The Morgan fingerprint density at radius 1 is 1.18 bits per heavy atom. The number of hydrogen-bond acceptors (Lipinski definition) is 2. The van der Waals surface area contributed by atoms with Crippen LogP contribution < -0.4 is 0 Å². The summed E-state index contributed by atoms with van der Waals surface area (Å²) in [6.07, 6.45) is 7.52. The van der Waals surface area contributed by atoms with Crippen LogP contribution in [-0.2, 0) is 4.74 Å². The maximum absolute atomic E-state index is 11.9. The molecular weight excluding hydrogens is 212 g/mol. The molecule has 0 heterocycles. The zero-order chi connectivity index (χ0) is 12.1. The summed E-state index contributed by atoms with van der Waals surface area (Å²) in [5, 5.41) is 0. The van der Waals surface area contributed by atoms with Crippen LogP contribution in [0.4, 0.5) is 0 Å². The first-order chi connectivity index (χ1) is 8.29. The lowest BCUT2D eigenvalue weighted by Crippen LogP contribution is -2.20. The van der Waals surface area contributed by atoms with E-state index in [2.05, 4.69) is 6.58 Å². The van der Waals surface area contributed by atoms with Gasteiger partial charge in [0.15, 0.2) is 0 Å². The number of hydrogen-bond donors (Lipinski definition) is 0. The Labute approximate surface area is 102 Å². The van der Waals surface area contributed by atoms with Crippen LogP contribution in [0.5, 0.6) is 0 Å². The SMILES string of the molecule is C=Cc1ccc(C(=O)OC2CCCCC2)cc1. The zero-order valence-electron chi connectivity index (χ0n) is 10.0. The molecule has 1 aliphatic rings. The molecular formula is C15H18O2. The highest BCUT2D eigenvalue weighted by atomic mass is 16.5. The molecule has 0 spiro atoms. The quantitative estimate of drug-likeness (QED) is 0.738. The van der Waals surface area contributed by atoms with Crippen molar-refractivity contribution in [2.45, 2.75) is 38.2 Å². The van der Waals surface area contributed by atoms with Crippen molar-refractivity contribution in [1.82, 2.24) is 0 Å². The van der Waals surface area contributed by atoms with Gasteiger partial charge in [0.25, 0.3) is 0 Å². The van der Waals surface area contributed by atoms with Crippen molar-refractivity contribution < 1.29 is 9.53 Å². The fourth-order valence-corrected chi connectivity index (χ4v) is 2.16. The van der Waals surface area contributed by atoms with Crippen molar-refractivity contribution in [2.75, 3.05) is 0 Å². The van der Waals surface area contributed by atoms with E-state index in [0.717, 1.165) is 18.4 Å². The Hall–Kier alpha value is -1.57. The second-order valence-electron chi connectivity index (χ2n) is 4.49. The number of carbonyl (C=O) groups excluding carboxylic acids is 1. The lowest BCUT2D eigenvalue weighted by molar-refractivity contribution is 0.0211. The van der Waals surface area contributed by atoms with Crippen molar-refractivity contribution in [3.63, 3.8) is 0 Å². The average molecular weight is 230 g/mol. The van der Waals surface area contributed by atoms with Gasteiger partial charge in [0.1, 0.15) is 6.10 Å². The molecule has 90 valence electrons. The first-order valence-corrected chi connectivity index (χ1v) is 6.23. The van der Waals surface area contributed by atoms with Crippen molar-refractivity contribution in [3.8, 4) is 0 Å². The summed E-state index contributed by atoms with van der Waals surface area (Å²) in [5.41, 5.74) is 1.64. The summed E-state index contributed by atoms with van der Waals surface area (Å²) in [4.78, 5) is 11.9. The van der Waals surface area contributed by atoms with E-state index in [4.69, 9.17) is 4.74 Å². The van der Waals surface area contributed by atoms with Crippen molar-refractivity contribution in [1.29, 1.82) is 0 Å². The Morgan fingerprint density at radius 2 is 1.82 bits per heavy atom. The predicted molar refractivity (Wildman–Crippen MR) is 68.8 cm³/mol. The van der Waals surface area contributed by atoms with Gasteiger partial charge in [-0.05, 0) is 43.4 Å². The molecule has 1 aliphatic carbocycles. The van der Waals surface area contributed by atoms with E-state index in [9.17, 15) is 4.79 Å². The van der Waals surface area contributed by atoms with Gasteiger partial charge < -0.3 is 4.74 Å². The number of carbonyl (C=O) groups is 1. The molecule has 0 aromatic heterocycles. The molecule has 1 aromatic rings. The molecule has 0 saturated heterocycles. The van der Waals surface area contributed by atoms with Gasteiger partial charge in [-0.1, -0.05) is 31.2 Å². The van der Waals surface area contributed by atoms with Crippen LogP contribution in [0.2, 0.25) is 0 Å². The Balaban J connectivity index is 1.95. The van der Waals surface area contributed by atoms with Gasteiger partial charge in [-0.25, -0.2) is 4.79 Å². The normalized spacial score (nSPS) is 16.5. The Bertz CT molecular complexity index is 386. The number of esters is 1. The van der Waals surface area contributed by atoms with E-state index in [1.165, 1.54) is 19.3 Å². The fourth-order valence-electron chi connectivity index (χ4n) is 2.16. The highest BCUT2D eigenvalue weighted by Gasteiger charge is 2.18. The summed E-state index contributed by atoms with van der Waals surface area (Å²) in [7, 11) is 0. The molecule has 0 unspecified atom stereocenters. The molecule has 0 amide bonds. The first kappa shape index (κ1) is 11.9. The summed E-state index contributed by atoms with van der Waals surface area (Å²) in [6.45, 7) is 3.68. The maximum atomic E-state index is 11.9. The molecule has 0 aliphatic heterocycles. The molecule has 2 rings (SSSR count). The summed E-state index contributed by atoms with van der Waals surface area (Å²) < 4.78 is 5.49. The molecule has 17 heavy (non-hydrogen) atoms. The minimum absolute atomic E-state index is 0.121. The molecule has 1 fully saturated rings. The molecule has 2 nitrogen and oxygen atoms in total. The van der Waals surface area contributed by atoms with Gasteiger partial charge in [-0.2, -0.15) is 0 Å². The van der Waals surface area contributed by atoms with Crippen LogP contribution in [0.3, 0.4) is 0 Å². The number of rotatable bonds is 3. The van der Waals surface area contributed by atoms with Crippen LogP contribution in [0.1, 0.15) is 48.0 Å². The lowest BCUT2D eigenvalue weighted by atomic mass is 9.98. The zero-order valence-corrected chi connectivity index (χ0v) is 10.0. The van der Waals surface area contributed by atoms with Crippen molar-refractivity contribution >= 4 is 12.0 Å². The van der Waals surface area contributed by atoms with Crippen LogP contribution in [-0.4, -0.2) is 12.1 Å². The molecule has 2 heteroatoms. The molecule has 0 radical (unpaired) electrons. The van der Waals surface area contributed by atoms with E-state index in [1.54, 1.807) is 18.2 Å². The van der Waals surface area contributed by atoms with E-state index in [1.807, 2.05) is 12.1 Å². The van der Waals surface area contributed by atoms with Gasteiger partial charge in [-0.15, -0.1) is 0 Å². The lowest BCUT2D eigenvalue weighted by Gasteiger charge is -2.21. The van der Waals surface area contributed by atoms with Gasteiger partial charge >= 0.3 is 5.97 Å². The van der Waals surface area contributed by atoms with E-state index in [0.29, 0.717) is 5.56 Å². The van der Waals surface area contributed by atoms with Crippen molar-refractivity contribution in [2.24, 2.45) is 0 Å². The Morgan fingerprint density at radius 3 is 2.41 bits per heavy atom. The fraction of sp³-hybridized carbons (Fsp3) is 0.400. The molecule has 0 N–H and O–H groups in total. The van der Waals surface area contributed by atoms with Gasteiger partial charge in [-0.3, -0.25) is 0 Å². The minimum Gasteiger partial charge on any atom is -0.459 e. The second-order valence-corrected chi connectivity index (χ2v) is 4.49. The van der Waals surface area contributed by atoms with Gasteiger partial charge in [0, 0.05) is 0 Å². The minimum atomic E-state index is -0.201.